The van der Waals surface area contributed by atoms with E-state index in [-0.39, 0.29) is 11.4 Å². The molecule has 3 nitrogen and oxygen atoms in total. The lowest BCUT2D eigenvalue weighted by Crippen LogP contribution is -2.44. The highest BCUT2D eigenvalue weighted by Gasteiger charge is 2.40. The van der Waals surface area contributed by atoms with E-state index in [2.05, 4.69) is 31.1 Å². The van der Waals surface area contributed by atoms with Gasteiger partial charge >= 0.3 is 0 Å². The number of rotatable bonds is 2. The van der Waals surface area contributed by atoms with Crippen molar-refractivity contribution in [2.45, 2.75) is 45.6 Å². The molecule has 3 heteroatoms. The number of carbonyl (C=O) groups excluding carboxylic acids is 1. The first-order chi connectivity index (χ1) is 7.90. The number of pyridine rings is 1. The highest BCUT2D eigenvalue weighted by atomic mass is 16.1. The Kier molecular flexibility index (Phi) is 2.94. The largest absolute Gasteiger partial charge is 0.347 e. The molecule has 0 aliphatic heterocycles. The molecular weight excluding hydrogens is 212 g/mol. The van der Waals surface area contributed by atoms with Crippen LogP contribution in [-0.2, 0) is 0 Å². The Morgan fingerprint density at radius 3 is 2.41 bits per heavy atom. The third-order valence-electron chi connectivity index (χ3n) is 3.58. The summed E-state index contributed by atoms with van der Waals surface area (Å²) in [5.74, 6) is 0.00704. The molecule has 0 saturated heterocycles. The van der Waals surface area contributed by atoms with Crippen molar-refractivity contribution in [3.63, 3.8) is 0 Å². The van der Waals surface area contributed by atoms with Crippen LogP contribution in [0.1, 0.15) is 50.4 Å². The minimum atomic E-state index is -0.0656. The summed E-state index contributed by atoms with van der Waals surface area (Å²) in [6.07, 6.45) is 6.55. The fourth-order valence-corrected chi connectivity index (χ4v) is 2.80. The second-order valence-electron chi connectivity index (χ2n) is 6.09. The van der Waals surface area contributed by atoms with Crippen molar-refractivity contribution in [1.82, 2.24) is 10.3 Å². The van der Waals surface area contributed by atoms with Gasteiger partial charge in [0, 0.05) is 23.5 Å². The summed E-state index contributed by atoms with van der Waals surface area (Å²) >= 11 is 0. The Balaban J connectivity index is 2.05. The van der Waals surface area contributed by atoms with Gasteiger partial charge in [0.05, 0.1) is 0 Å². The van der Waals surface area contributed by atoms with E-state index in [1.165, 1.54) is 6.42 Å². The number of nitrogens with one attached hydrogen (secondary N) is 1. The summed E-state index contributed by atoms with van der Waals surface area (Å²) in [5, 5.41) is 3.16. The van der Waals surface area contributed by atoms with Crippen molar-refractivity contribution in [3.8, 4) is 0 Å². The standard InChI is InChI=1S/C14H20N2O/c1-13(2)6-7-14(3,10-13)16-12(17)11-4-8-15-9-5-11/h4-5,8-9H,6-7,10H2,1-3H3,(H,16,17). The molecule has 1 N–H and O–H groups in total. The minimum Gasteiger partial charge on any atom is -0.347 e. The van der Waals surface area contributed by atoms with Crippen molar-refractivity contribution in [2.24, 2.45) is 5.41 Å². The normalized spacial score (nSPS) is 26.8. The molecule has 1 aliphatic rings. The third kappa shape index (κ3) is 2.84. The van der Waals surface area contributed by atoms with Crippen LogP contribution in [0.15, 0.2) is 24.5 Å². The maximum absolute atomic E-state index is 12.1. The van der Waals surface area contributed by atoms with E-state index in [1.54, 1.807) is 24.5 Å². The van der Waals surface area contributed by atoms with Gasteiger partial charge in [0.1, 0.15) is 0 Å². The molecule has 2 rings (SSSR count). The molecule has 1 fully saturated rings. The van der Waals surface area contributed by atoms with Gasteiger partial charge in [0.2, 0.25) is 0 Å². The fraction of sp³-hybridized carbons (Fsp3) is 0.571. The number of aromatic nitrogens is 1. The van der Waals surface area contributed by atoms with E-state index in [9.17, 15) is 4.79 Å². The van der Waals surface area contributed by atoms with E-state index in [1.807, 2.05) is 0 Å². The van der Waals surface area contributed by atoms with Gasteiger partial charge in [-0.1, -0.05) is 13.8 Å². The summed E-state index contributed by atoms with van der Waals surface area (Å²) in [4.78, 5) is 16.0. The summed E-state index contributed by atoms with van der Waals surface area (Å²) in [6.45, 7) is 6.66. The van der Waals surface area contributed by atoms with Crippen LogP contribution in [0.4, 0.5) is 0 Å². The molecule has 0 spiro atoms. The minimum absolute atomic E-state index is 0.00704. The number of hydrogen-bond donors (Lipinski definition) is 1. The fourth-order valence-electron chi connectivity index (χ4n) is 2.80. The lowest BCUT2D eigenvalue weighted by Gasteiger charge is -2.28. The van der Waals surface area contributed by atoms with Gasteiger partial charge in [-0.25, -0.2) is 0 Å². The van der Waals surface area contributed by atoms with Gasteiger partial charge in [-0.2, -0.15) is 0 Å². The lowest BCUT2D eigenvalue weighted by atomic mass is 9.88. The Morgan fingerprint density at radius 2 is 1.88 bits per heavy atom. The summed E-state index contributed by atoms with van der Waals surface area (Å²) in [6, 6.07) is 3.50. The Morgan fingerprint density at radius 1 is 1.24 bits per heavy atom. The second kappa shape index (κ2) is 4.13. The maximum Gasteiger partial charge on any atom is 0.251 e. The van der Waals surface area contributed by atoms with Crippen molar-refractivity contribution in [3.05, 3.63) is 30.1 Å². The van der Waals surface area contributed by atoms with E-state index >= 15 is 0 Å². The van der Waals surface area contributed by atoms with Crippen LogP contribution in [0.2, 0.25) is 0 Å². The van der Waals surface area contributed by atoms with Gasteiger partial charge < -0.3 is 5.32 Å². The zero-order valence-corrected chi connectivity index (χ0v) is 10.8. The monoisotopic (exact) mass is 232 g/mol. The van der Waals surface area contributed by atoms with Crippen molar-refractivity contribution in [2.75, 3.05) is 0 Å². The van der Waals surface area contributed by atoms with Crippen LogP contribution in [-0.4, -0.2) is 16.4 Å². The topological polar surface area (TPSA) is 42.0 Å². The second-order valence-corrected chi connectivity index (χ2v) is 6.09. The molecule has 1 unspecified atom stereocenters. The van der Waals surface area contributed by atoms with Gasteiger partial charge in [-0.15, -0.1) is 0 Å². The number of nitrogens with zero attached hydrogens (tertiary/aromatic N) is 1. The van der Waals surface area contributed by atoms with Crippen LogP contribution in [0.3, 0.4) is 0 Å². The van der Waals surface area contributed by atoms with E-state index < -0.39 is 0 Å². The quantitative estimate of drug-likeness (QED) is 0.852. The summed E-state index contributed by atoms with van der Waals surface area (Å²) in [7, 11) is 0. The van der Waals surface area contributed by atoms with Crippen molar-refractivity contribution in [1.29, 1.82) is 0 Å². The summed E-state index contributed by atoms with van der Waals surface area (Å²) in [5.41, 5.74) is 0.954. The molecule has 1 saturated carbocycles. The maximum atomic E-state index is 12.1. The predicted octanol–water partition coefficient (Wildman–Crippen LogP) is 2.78. The first-order valence-electron chi connectivity index (χ1n) is 6.13. The van der Waals surface area contributed by atoms with Crippen LogP contribution in [0.25, 0.3) is 0 Å². The molecule has 1 heterocycles. The Hall–Kier alpha value is -1.38. The van der Waals surface area contributed by atoms with E-state index in [0.29, 0.717) is 11.0 Å². The molecule has 1 aromatic rings. The van der Waals surface area contributed by atoms with Crippen molar-refractivity contribution < 1.29 is 4.79 Å². The molecule has 1 amide bonds. The number of amides is 1. The molecule has 1 aromatic heterocycles. The van der Waals surface area contributed by atoms with E-state index in [0.717, 1.165) is 12.8 Å². The molecule has 1 aliphatic carbocycles. The van der Waals surface area contributed by atoms with Crippen molar-refractivity contribution >= 4 is 5.91 Å². The predicted molar refractivity (Wildman–Crippen MR) is 67.7 cm³/mol. The molecule has 1 atom stereocenters. The van der Waals surface area contributed by atoms with Gasteiger partial charge in [0.25, 0.3) is 5.91 Å². The molecule has 0 aromatic carbocycles. The molecule has 92 valence electrons. The van der Waals surface area contributed by atoms with Gasteiger partial charge in [-0.05, 0) is 43.7 Å². The average Bonchev–Trinajstić information content (AvgIpc) is 2.54. The van der Waals surface area contributed by atoms with Crippen LogP contribution < -0.4 is 5.32 Å². The zero-order chi connectivity index (χ0) is 12.5. The highest BCUT2D eigenvalue weighted by Crippen LogP contribution is 2.43. The SMILES string of the molecule is CC1(C)CCC(C)(NC(=O)c2ccncc2)C1. The molecule has 0 bridgehead atoms. The van der Waals surface area contributed by atoms with Crippen LogP contribution in [0.5, 0.6) is 0 Å². The number of carbonyl (C=O) groups is 1. The van der Waals surface area contributed by atoms with Gasteiger partial charge in [-0.3, -0.25) is 9.78 Å². The lowest BCUT2D eigenvalue weighted by molar-refractivity contribution is 0.0903. The van der Waals surface area contributed by atoms with Crippen LogP contribution in [0, 0.1) is 5.41 Å². The number of hydrogen-bond acceptors (Lipinski definition) is 2. The van der Waals surface area contributed by atoms with Crippen LogP contribution >= 0.6 is 0 Å². The first kappa shape index (κ1) is 12.1. The Labute approximate surface area is 103 Å². The average molecular weight is 232 g/mol. The zero-order valence-electron chi connectivity index (χ0n) is 10.8. The molecule has 0 radical (unpaired) electrons. The molecule has 17 heavy (non-hydrogen) atoms. The highest BCUT2D eigenvalue weighted by molar-refractivity contribution is 5.94. The summed E-state index contributed by atoms with van der Waals surface area (Å²) < 4.78 is 0. The Bertz CT molecular complexity index is 413. The molecular formula is C14H20N2O. The van der Waals surface area contributed by atoms with E-state index in [4.69, 9.17) is 0 Å². The first-order valence-corrected chi connectivity index (χ1v) is 6.13. The smallest absolute Gasteiger partial charge is 0.251 e. The van der Waals surface area contributed by atoms with Gasteiger partial charge in [0.15, 0.2) is 0 Å². The third-order valence-corrected chi connectivity index (χ3v) is 3.58.